The summed E-state index contributed by atoms with van der Waals surface area (Å²) in [5.74, 6) is -0.368. The molecule has 3 aromatic rings. The average molecular weight is 476 g/mol. The van der Waals surface area contributed by atoms with Crippen LogP contribution in [0.25, 0.3) is 11.3 Å². The molecule has 0 fully saturated rings. The Morgan fingerprint density at radius 1 is 1.03 bits per heavy atom. The van der Waals surface area contributed by atoms with E-state index in [-0.39, 0.29) is 16.5 Å². The predicted molar refractivity (Wildman–Crippen MR) is 114 cm³/mol. The summed E-state index contributed by atoms with van der Waals surface area (Å²) in [5, 5.41) is 8.17. The predicted octanol–water partition coefficient (Wildman–Crippen LogP) is 2.31. The molecule has 5 N–H and O–H groups in total. The molecule has 0 saturated heterocycles. The Morgan fingerprint density at radius 2 is 1.69 bits per heavy atom. The van der Waals surface area contributed by atoms with Crippen molar-refractivity contribution in [3.05, 3.63) is 70.3 Å². The molecule has 0 saturated carbocycles. The van der Waals surface area contributed by atoms with Gasteiger partial charge in [0.2, 0.25) is 16.0 Å². The van der Waals surface area contributed by atoms with Crippen LogP contribution in [0.3, 0.4) is 0 Å². The molecule has 1 aromatic heterocycles. The molecule has 3 rings (SSSR count). The first kappa shape index (κ1) is 20.9. The number of nitrogens with two attached hydrogens (primary N) is 2. The zero-order valence-corrected chi connectivity index (χ0v) is 17.6. The lowest BCUT2D eigenvalue weighted by molar-refractivity contribution is 0.0995. The van der Waals surface area contributed by atoms with Gasteiger partial charge in [0, 0.05) is 16.6 Å². The van der Waals surface area contributed by atoms with Crippen molar-refractivity contribution < 1.29 is 13.2 Å². The highest BCUT2D eigenvalue weighted by Gasteiger charge is 2.11. The molecular weight excluding hydrogens is 458 g/mol. The normalized spacial score (nSPS) is 11.2. The summed E-state index contributed by atoms with van der Waals surface area (Å²) in [5.41, 5.74) is 7.80. The fourth-order valence-corrected chi connectivity index (χ4v) is 3.37. The lowest BCUT2D eigenvalue weighted by Gasteiger charge is -2.09. The van der Waals surface area contributed by atoms with E-state index in [4.69, 9.17) is 10.9 Å². The quantitative estimate of drug-likeness (QED) is 0.478. The zero-order chi connectivity index (χ0) is 21.0. The number of nitrogens with zero attached hydrogens (tertiary/aromatic N) is 2. The van der Waals surface area contributed by atoms with Crippen molar-refractivity contribution in [1.82, 2.24) is 9.97 Å². The molecule has 8 nitrogen and oxygen atoms in total. The van der Waals surface area contributed by atoms with Crippen LogP contribution in [0.4, 0.5) is 5.95 Å². The minimum atomic E-state index is -3.71. The van der Waals surface area contributed by atoms with Gasteiger partial charge < -0.3 is 11.1 Å². The van der Waals surface area contributed by atoms with Crippen LogP contribution in [0.5, 0.6) is 0 Å². The third-order valence-electron chi connectivity index (χ3n) is 4.07. The van der Waals surface area contributed by atoms with Gasteiger partial charge in [-0.1, -0.05) is 40.2 Å². The Kier molecular flexibility index (Phi) is 6.26. The maximum Gasteiger partial charge on any atom is 0.267 e. The number of carbonyl (C=O) groups excluding carboxylic acids is 1. The number of benzene rings is 2. The fraction of sp³-hybridized carbons (Fsp3) is 0.105. The lowest BCUT2D eigenvalue weighted by Crippen LogP contribution is -2.16. The maximum absolute atomic E-state index is 11.6. The van der Waals surface area contributed by atoms with E-state index in [0.29, 0.717) is 18.7 Å². The molecule has 0 aliphatic heterocycles. The molecular formula is C19H18BrN5O3S. The Hall–Kier alpha value is -2.82. The van der Waals surface area contributed by atoms with Crippen molar-refractivity contribution in [3.63, 3.8) is 0 Å². The van der Waals surface area contributed by atoms with Crippen LogP contribution in [0.2, 0.25) is 0 Å². The highest BCUT2D eigenvalue weighted by molar-refractivity contribution is 9.10. The number of anilines is 1. The Labute approximate surface area is 176 Å². The Morgan fingerprint density at radius 3 is 2.28 bits per heavy atom. The SMILES string of the molecule is NC(=O)c1cc(-c2ccc(Br)cc2)nc(NCCc2ccc(S(N)(=O)=O)cc2)n1. The van der Waals surface area contributed by atoms with Gasteiger partial charge in [0.15, 0.2) is 0 Å². The zero-order valence-electron chi connectivity index (χ0n) is 15.2. The number of hydrogen-bond acceptors (Lipinski definition) is 6. The second kappa shape index (κ2) is 8.68. The topological polar surface area (TPSA) is 141 Å². The maximum atomic E-state index is 11.6. The first-order valence-electron chi connectivity index (χ1n) is 8.53. The molecule has 150 valence electrons. The van der Waals surface area contributed by atoms with Gasteiger partial charge in [-0.05, 0) is 42.3 Å². The van der Waals surface area contributed by atoms with Gasteiger partial charge >= 0.3 is 0 Å². The summed E-state index contributed by atoms with van der Waals surface area (Å²) in [4.78, 5) is 20.3. The molecule has 0 atom stereocenters. The number of primary amides is 1. The number of amides is 1. The summed E-state index contributed by atoms with van der Waals surface area (Å²) in [6.07, 6.45) is 0.586. The molecule has 0 unspecified atom stereocenters. The van der Waals surface area contributed by atoms with E-state index in [0.717, 1.165) is 15.6 Å². The van der Waals surface area contributed by atoms with E-state index in [1.54, 1.807) is 18.2 Å². The van der Waals surface area contributed by atoms with Gasteiger partial charge in [0.05, 0.1) is 10.6 Å². The number of carbonyl (C=O) groups is 1. The van der Waals surface area contributed by atoms with Gasteiger partial charge in [-0.3, -0.25) is 4.79 Å². The van der Waals surface area contributed by atoms with E-state index >= 15 is 0 Å². The summed E-state index contributed by atoms with van der Waals surface area (Å²) in [6, 6.07) is 15.3. The van der Waals surface area contributed by atoms with Crippen LogP contribution in [-0.2, 0) is 16.4 Å². The number of rotatable bonds is 7. The van der Waals surface area contributed by atoms with Crippen LogP contribution in [0.1, 0.15) is 16.1 Å². The number of nitrogens with one attached hydrogen (secondary N) is 1. The van der Waals surface area contributed by atoms with Crippen molar-refractivity contribution in [1.29, 1.82) is 0 Å². The van der Waals surface area contributed by atoms with Crippen molar-refractivity contribution in [2.45, 2.75) is 11.3 Å². The Bertz CT molecular complexity index is 1130. The fourth-order valence-electron chi connectivity index (χ4n) is 2.59. The number of primary sulfonamides is 1. The highest BCUT2D eigenvalue weighted by Crippen LogP contribution is 2.22. The molecule has 29 heavy (non-hydrogen) atoms. The molecule has 1 heterocycles. The number of sulfonamides is 1. The van der Waals surface area contributed by atoms with Crippen molar-refractivity contribution >= 4 is 37.8 Å². The van der Waals surface area contributed by atoms with Gasteiger partial charge in [-0.15, -0.1) is 0 Å². The van der Waals surface area contributed by atoms with Crippen LogP contribution >= 0.6 is 15.9 Å². The van der Waals surface area contributed by atoms with Crippen molar-refractivity contribution in [2.24, 2.45) is 10.9 Å². The average Bonchev–Trinajstić information content (AvgIpc) is 2.68. The van der Waals surface area contributed by atoms with E-state index in [2.05, 4.69) is 31.2 Å². The molecule has 0 spiro atoms. The van der Waals surface area contributed by atoms with Crippen molar-refractivity contribution in [3.8, 4) is 11.3 Å². The first-order chi connectivity index (χ1) is 13.7. The van der Waals surface area contributed by atoms with Crippen molar-refractivity contribution in [2.75, 3.05) is 11.9 Å². The Balaban J connectivity index is 1.74. The minimum absolute atomic E-state index is 0.0610. The molecule has 10 heteroatoms. The van der Waals surface area contributed by atoms with Gasteiger partial charge in [0.1, 0.15) is 5.69 Å². The standard InChI is InChI=1S/C19H18BrN5O3S/c20-14-5-3-13(4-6-14)16-11-17(18(21)26)25-19(24-16)23-10-9-12-1-7-15(8-2-12)29(22,27)28/h1-8,11H,9-10H2,(H2,21,26)(H2,22,27,28)(H,23,24,25). The smallest absolute Gasteiger partial charge is 0.267 e. The first-order valence-corrected chi connectivity index (χ1v) is 10.9. The number of halogens is 1. The van der Waals surface area contributed by atoms with Gasteiger partial charge in [-0.2, -0.15) is 0 Å². The second-order valence-corrected chi connectivity index (χ2v) is 8.68. The number of aromatic nitrogens is 2. The highest BCUT2D eigenvalue weighted by atomic mass is 79.9. The van der Waals surface area contributed by atoms with E-state index in [1.165, 1.54) is 12.1 Å². The molecule has 2 aromatic carbocycles. The summed E-state index contributed by atoms with van der Waals surface area (Å²) in [7, 11) is -3.71. The second-order valence-electron chi connectivity index (χ2n) is 6.20. The molecule has 0 aliphatic rings. The van der Waals surface area contributed by atoms with E-state index < -0.39 is 15.9 Å². The number of hydrogen-bond donors (Lipinski definition) is 3. The summed E-state index contributed by atoms with van der Waals surface area (Å²) < 4.78 is 23.5. The van der Waals surface area contributed by atoms with E-state index in [9.17, 15) is 13.2 Å². The molecule has 1 amide bonds. The summed E-state index contributed by atoms with van der Waals surface area (Å²) >= 11 is 3.38. The third-order valence-corrected chi connectivity index (χ3v) is 5.53. The largest absolute Gasteiger partial charge is 0.364 e. The molecule has 0 bridgehead atoms. The monoisotopic (exact) mass is 475 g/mol. The lowest BCUT2D eigenvalue weighted by atomic mass is 10.1. The molecule has 0 aliphatic carbocycles. The minimum Gasteiger partial charge on any atom is -0.364 e. The molecule has 0 radical (unpaired) electrons. The van der Waals surface area contributed by atoms with Gasteiger partial charge in [0.25, 0.3) is 5.91 Å². The van der Waals surface area contributed by atoms with Crippen LogP contribution in [0.15, 0.2) is 64.0 Å². The van der Waals surface area contributed by atoms with Gasteiger partial charge in [-0.25, -0.2) is 23.5 Å². The van der Waals surface area contributed by atoms with E-state index in [1.807, 2.05) is 24.3 Å². The summed E-state index contributed by atoms with van der Waals surface area (Å²) in [6.45, 7) is 0.469. The van der Waals surface area contributed by atoms with Crippen LogP contribution < -0.4 is 16.2 Å². The van der Waals surface area contributed by atoms with Crippen LogP contribution in [-0.4, -0.2) is 30.8 Å². The van der Waals surface area contributed by atoms with Crippen LogP contribution in [0, 0.1) is 0 Å². The third kappa shape index (κ3) is 5.59.